The second-order valence-corrected chi connectivity index (χ2v) is 5.22. The van der Waals surface area contributed by atoms with Crippen LogP contribution in [0.3, 0.4) is 0 Å². The monoisotopic (exact) mass is 305 g/mol. The lowest BCUT2D eigenvalue weighted by Gasteiger charge is -2.14. The van der Waals surface area contributed by atoms with E-state index in [0.717, 1.165) is 16.7 Å². The predicted octanol–water partition coefficient (Wildman–Crippen LogP) is 5.05. The van der Waals surface area contributed by atoms with E-state index in [0.29, 0.717) is 11.3 Å². The van der Waals surface area contributed by atoms with Gasteiger partial charge in [0.25, 0.3) is 0 Å². The molecule has 0 aliphatic rings. The molecule has 0 N–H and O–H groups in total. The molecule has 0 atom stereocenters. The average Bonchev–Trinajstić information content (AvgIpc) is 2.47. The van der Waals surface area contributed by atoms with Crippen LogP contribution in [-0.4, -0.2) is 4.92 Å². The molecular weight excluding hydrogens is 290 g/mol. The molecule has 0 fully saturated rings. The smallest absolute Gasteiger partial charge is 0.311 e. The average molecular weight is 306 g/mol. The van der Waals surface area contributed by atoms with Gasteiger partial charge in [0.05, 0.1) is 4.92 Å². The number of nitrogens with zero attached hydrogens (tertiary/aromatic N) is 1. The maximum Gasteiger partial charge on any atom is 0.311 e. The number of hydrogen-bond acceptors (Lipinski definition) is 3. The van der Waals surface area contributed by atoms with Gasteiger partial charge in [-0.15, -0.1) is 11.6 Å². The molecule has 0 saturated carbocycles. The zero-order valence-electron chi connectivity index (χ0n) is 12.1. The Balaban J connectivity index is 2.49. The van der Waals surface area contributed by atoms with E-state index in [1.165, 1.54) is 6.07 Å². The fourth-order valence-corrected chi connectivity index (χ4v) is 2.23. The van der Waals surface area contributed by atoms with Crippen LogP contribution in [0.15, 0.2) is 30.3 Å². The van der Waals surface area contributed by atoms with Crippen molar-refractivity contribution in [3.8, 4) is 11.5 Å². The Morgan fingerprint density at radius 3 is 2.43 bits per heavy atom. The molecule has 0 amide bonds. The minimum absolute atomic E-state index is 0.0755. The van der Waals surface area contributed by atoms with Gasteiger partial charge in [0.2, 0.25) is 5.75 Å². The molecule has 2 aromatic carbocycles. The second-order valence-electron chi connectivity index (χ2n) is 4.95. The van der Waals surface area contributed by atoms with Crippen molar-refractivity contribution >= 4 is 17.3 Å². The summed E-state index contributed by atoms with van der Waals surface area (Å²) in [5.41, 5.74) is 3.61. The van der Waals surface area contributed by atoms with E-state index in [9.17, 15) is 10.1 Å². The molecule has 0 spiro atoms. The first-order valence-corrected chi connectivity index (χ1v) is 7.05. The molecule has 4 nitrogen and oxygen atoms in total. The van der Waals surface area contributed by atoms with Gasteiger partial charge in [-0.05, 0) is 49.1 Å². The Morgan fingerprint density at radius 1 is 1.14 bits per heavy atom. The molecule has 110 valence electrons. The fraction of sp³-hybridized carbons (Fsp3) is 0.250. The Bertz CT molecular complexity index is 698. The lowest BCUT2D eigenvalue weighted by atomic mass is 10.1. The number of benzene rings is 2. The number of alkyl halides is 1. The normalized spacial score (nSPS) is 10.5. The van der Waals surface area contributed by atoms with Crippen LogP contribution in [-0.2, 0) is 5.88 Å². The van der Waals surface area contributed by atoms with Crippen molar-refractivity contribution in [1.82, 2.24) is 0 Å². The highest BCUT2D eigenvalue weighted by Crippen LogP contribution is 2.36. The van der Waals surface area contributed by atoms with Gasteiger partial charge in [-0.2, -0.15) is 0 Å². The largest absolute Gasteiger partial charge is 0.450 e. The Kier molecular flexibility index (Phi) is 4.48. The van der Waals surface area contributed by atoms with Crippen molar-refractivity contribution in [2.45, 2.75) is 26.7 Å². The molecule has 0 bridgehead atoms. The van der Waals surface area contributed by atoms with Gasteiger partial charge >= 0.3 is 5.69 Å². The number of hydrogen-bond donors (Lipinski definition) is 0. The molecule has 0 heterocycles. The summed E-state index contributed by atoms with van der Waals surface area (Å²) in [5.74, 6) is 1.12. The van der Waals surface area contributed by atoms with Gasteiger partial charge in [0, 0.05) is 11.9 Å². The van der Waals surface area contributed by atoms with Crippen molar-refractivity contribution < 1.29 is 9.66 Å². The maximum atomic E-state index is 11.2. The molecule has 0 unspecified atom stereocenters. The minimum Gasteiger partial charge on any atom is -0.450 e. The van der Waals surface area contributed by atoms with E-state index in [1.807, 2.05) is 32.9 Å². The lowest BCUT2D eigenvalue weighted by molar-refractivity contribution is -0.385. The molecule has 2 aromatic rings. The first kappa shape index (κ1) is 15.3. The molecule has 0 aliphatic carbocycles. The third-order valence-corrected chi connectivity index (χ3v) is 3.77. The minimum atomic E-state index is -0.453. The lowest BCUT2D eigenvalue weighted by Crippen LogP contribution is -1.98. The first-order chi connectivity index (χ1) is 9.93. The highest BCUT2D eigenvalue weighted by molar-refractivity contribution is 6.17. The molecule has 0 radical (unpaired) electrons. The number of nitro benzene ring substituents is 1. The van der Waals surface area contributed by atoms with Gasteiger partial charge in [-0.25, -0.2) is 0 Å². The van der Waals surface area contributed by atoms with E-state index >= 15 is 0 Å². The Hall–Kier alpha value is -2.07. The van der Waals surface area contributed by atoms with E-state index in [2.05, 4.69) is 0 Å². The summed E-state index contributed by atoms with van der Waals surface area (Å²) in [4.78, 5) is 10.7. The standard InChI is InChI=1S/C16H16ClNO3/c1-10-4-5-11(2)16(12(10)3)21-15-7-6-13(9-17)8-14(15)18(19)20/h4-8H,9H2,1-3H3. The third-order valence-electron chi connectivity index (χ3n) is 3.46. The number of nitro groups is 1. The summed E-state index contributed by atoms with van der Waals surface area (Å²) in [6.07, 6.45) is 0. The van der Waals surface area contributed by atoms with Gasteiger partial charge in [-0.1, -0.05) is 18.2 Å². The first-order valence-electron chi connectivity index (χ1n) is 6.52. The number of halogens is 1. The van der Waals surface area contributed by atoms with Crippen LogP contribution >= 0.6 is 11.6 Å². The molecule has 5 heteroatoms. The molecule has 21 heavy (non-hydrogen) atoms. The van der Waals surface area contributed by atoms with Gasteiger partial charge in [0.1, 0.15) is 5.75 Å². The quantitative estimate of drug-likeness (QED) is 0.451. The van der Waals surface area contributed by atoms with Crippen LogP contribution in [0.5, 0.6) is 11.5 Å². The van der Waals surface area contributed by atoms with Crippen LogP contribution in [0, 0.1) is 30.9 Å². The zero-order valence-corrected chi connectivity index (χ0v) is 12.9. The summed E-state index contributed by atoms with van der Waals surface area (Å²) in [7, 11) is 0. The van der Waals surface area contributed by atoms with Crippen molar-refractivity contribution in [3.05, 3.63) is 62.7 Å². The highest BCUT2D eigenvalue weighted by atomic mass is 35.5. The predicted molar refractivity (Wildman–Crippen MR) is 83.4 cm³/mol. The fourth-order valence-electron chi connectivity index (χ4n) is 2.07. The van der Waals surface area contributed by atoms with E-state index < -0.39 is 4.92 Å². The van der Waals surface area contributed by atoms with Crippen molar-refractivity contribution in [2.75, 3.05) is 0 Å². The summed E-state index contributed by atoms with van der Waals surface area (Å²) in [6.45, 7) is 5.84. The van der Waals surface area contributed by atoms with Crippen molar-refractivity contribution in [1.29, 1.82) is 0 Å². The Labute approximate surface area is 128 Å². The highest BCUT2D eigenvalue weighted by Gasteiger charge is 2.18. The van der Waals surface area contributed by atoms with Crippen LogP contribution in [0.2, 0.25) is 0 Å². The van der Waals surface area contributed by atoms with E-state index in [4.69, 9.17) is 16.3 Å². The summed E-state index contributed by atoms with van der Waals surface area (Å²) >= 11 is 5.72. The second kappa shape index (κ2) is 6.14. The number of rotatable bonds is 4. The van der Waals surface area contributed by atoms with Crippen LogP contribution in [0.4, 0.5) is 5.69 Å². The zero-order chi connectivity index (χ0) is 15.6. The topological polar surface area (TPSA) is 52.4 Å². The van der Waals surface area contributed by atoms with Crippen molar-refractivity contribution in [3.63, 3.8) is 0 Å². The van der Waals surface area contributed by atoms with Gasteiger partial charge in [-0.3, -0.25) is 10.1 Å². The molecule has 0 aromatic heterocycles. The third kappa shape index (κ3) is 3.16. The van der Waals surface area contributed by atoms with Crippen LogP contribution in [0.1, 0.15) is 22.3 Å². The molecule has 0 saturated heterocycles. The summed E-state index contributed by atoms with van der Waals surface area (Å²) in [5, 5.41) is 11.2. The van der Waals surface area contributed by atoms with Gasteiger partial charge in [0.15, 0.2) is 0 Å². The summed E-state index contributed by atoms with van der Waals surface area (Å²) < 4.78 is 5.83. The Morgan fingerprint density at radius 2 is 1.81 bits per heavy atom. The number of aryl methyl sites for hydroxylation is 2. The maximum absolute atomic E-state index is 11.2. The van der Waals surface area contributed by atoms with E-state index in [-0.39, 0.29) is 17.3 Å². The SMILES string of the molecule is Cc1ccc(C)c(Oc2ccc(CCl)cc2[N+](=O)[O-])c1C. The van der Waals surface area contributed by atoms with Crippen molar-refractivity contribution in [2.24, 2.45) is 0 Å². The molecular formula is C16H16ClNO3. The molecule has 2 rings (SSSR count). The van der Waals surface area contributed by atoms with Crippen LogP contribution in [0.25, 0.3) is 0 Å². The molecule has 0 aliphatic heterocycles. The van der Waals surface area contributed by atoms with E-state index in [1.54, 1.807) is 12.1 Å². The van der Waals surface area contributed by atoms with Crippen LogP contribution < -0.4 is 4.74 Å². The number of ether oxygens (including phenoxy) is 1. The summed E-state index contributed by atoms with van der Waals surface area (Å²) in [6, 6.07) is 8.72. The van der Waals surface area contributed by atoms with Gasteiger partial charge < -0.3 is 4.74 Å².